The van der Waals surface area contributed by atoms with Gasteiger partial charge >= 0.3 is 17.9 Å². The number of carboxylic acids is 3. The third kappa shape index (κ3) is 21.3. The summed E-state index contributed by atoms with van der Waals surface area (Å²) >= 11 is 1.52. The van der Waals surface area contributed by atoms with Crippen LogP contribution >= 0.6 is 11.8 Å². The van der Waals surface area contributed by atoms with Gasteiger partial charge in [-0.25, -0.2) is 0 Å². The quantitative estimate of drug-likeness (QED) is 0.0407. The lowest BCUT2D eigenvalue weighted by atomic mass is 9.85. The number of carbonyl (C=O) groups excluding carboxylic acids is 7. The van der Waals surface area contributed by atoms with Gasteiger partial charge in [0.25, 0.3) is 0 Å². The van der Waals surface area contributed by atoms with E-state index in [1.54, 1.807) is 52.0 Å². The molecule has 62 heavy (non-hydrogen) atoms. The maximum Gasteiger partial charge on any atom is 0.305 e. The van der Waals surface area contributed by atoms with Crippen LogP contribution in [0.15, 0.2) is 24.3 Å². The Morgan fingerprint density at radius 2 is 1.26 bits per heavy atom. The molecular weight excluding hydrogens is 829 g/mol. The molecule has 0 saturated carbocycles. The molecule has 0 fully saturated rings. The zero-order chi connectivity index (χ0) is 47.2. The summed E-state index contributed by atoms with van der Waals surface area (Å²) in [7, 11) is 0. The number of aldehydes is 1. The fraction of sp³-hybridized carbons (Fsp3) is 0.619. The molecule has 346 valence electrons. The minimum Gasteiger partial charge on any atom is -0.481 e. The van der Waals surface area contributed by atoms with E-state index in [2.05, 4.69) is 31.9 Å². The van der Waals surface area contributed by atoms with Crippen molar-refractivity contribution in [3.63, 3.8) is 0 Å². The number of rotatable bonds is 29. The molecule has 0 aromatic heterocycles. The molecule has 0 aliphatic heterocycles. The van der Waals surface area contributed by atoms with E-state index in [4.69, 9.17) is 5.11 Å². The topological polar surface area (TPSA) is 304 Å². The van der Waals surface area contributed by atoms with Crippen LogP contribution in [0.25, 0.3) is 0 Å². The summed E-state index contributed by atoms with van der Waals surface area (Å²) in [6.45, 7) is 12.5. The zero-order valence-corrected chi connectivity index (χ0v) is 37.4. The lowest BCUT2D eigenvalue weighted by Crippen LogP contribution is -2.62. The maximum atomic E-state index is 14.3. The first-order valence-corrected chi connectivity index (χ1v) is 21.7. The van der Waals surface area contributed by atoms with E-state index >= 15 is 0 Å². The van der Waals surface area contributed by atoms with Crippen molar-refractivity contribution in [1.82, 2.24) is 31.9 Å². The summed E-state index contributed by atoms with van der Waals surface area (Å²) in [5.41, 5.74) is 0.353. The van der Waals surface area contributed by atoms with Crippen LogP contribution in [-0.2, 0) is 54.4 Å². The molecular formula is C42H64N6O13S. The van der Waals surface area contributed by atoms with Crippen LogP contribution in [0.4, 0.5) is 0 Å². The van der Waals surface area contributed by atoms with Gasteiger partial charge in [-0.2, -0.15) is 11.8 Å². The molecule has 0 unspecified atom stereocenters. The smallest absolute Gasteiger partial charge is 0.305 e. The first-order chi connectivity index (χ1) is 29.0. The van der Waals surface area contributed by atoms with Gasteiger partial charge < -0.3 is 52.0 Å². The summed E-state index contributed by atoms with van der Waals surface area (Å²) in [6, 6.07) is -1.19. The highest BCUT2D eigenvalue weighted by Crippen LogP contribution is 2.21. The number of carboxylic acid groups (broad SMARTS) is 3. The number of nitrogens with one attached hydrogen (secondary N) is 6. The van der Waals surface area contributed by atoms with E-state index in [1.165, 1.54) is 11.8 Å². The Bertz CT molecular complexity index is 1730. The second-order valence-electron chi connectivity index (χ2n) is 16.5. The number of aryl methyl sites for hydroxylation is 1. The molecule has 1 rings (SSSR count). The maximum absolute atomic E-state index is 14.3. The SMILES string of the molecule is CCCCSC[C@@H](C=O)NC(=O)[C@H](CC(C)C)NC(=O)[C@@H](NC(=O)[C@H](Cc1ccccc1C)NC(=O)[C@H](CCC(=O)O)NC(=O)[C@H](CC(=O)O)NC(=O)CCC(=O)O)C(C)(C)C. The first-order valence-electron chi connectivity index (χ1n) is 20.5. The van der Waals surface area contributed by atoms with Crippen molar-refractivity contribution in [2.75, 3.05) is 11.5 Å². The van der Waals surface area contributed by atoms with Gasteiger partial charge in [-0.15, -0.1) is 0 Å². The monoisotopic (exact) mass is 892 g/mol. The molecule has 0 aliphatic rings. The molecule has 0 saturated heterocycles. The molecule has 1 aromatic carbocycles. The van der Waals surface area contributed by atoms with E-state index in [9.17, 15) is 58.2 Å². The average molecular weight is 893 g/mol. The van der Waals surface area contributed by atoms with Crippen molar-refractivity contribution in [2.24, 2.45) is 11.3 Å². The minimum absolute atomic E-state index is 0.0711. The van der Waals surface area contributed by atoms with Crippen LogP contribution in [0, 0.1) is 18.3 Å². The Balaban J connectivity index is 3.52. The van der Waals surface area contributed by atoms with Gasteiger partial charge in [0.05, 0.1) is 18.9 Å². The lowest BCUT2D eigenvalue weighted by Gasteiger charge is -2.33. The molecule has 19 nitrogen and oxygen atoms in total. The molecule has 0 radical (unpaired) electrons. The fourth-order valence-corrected chi connectivity index (χ4v) is 7.03. The van der Waals surface area contributed by atoms with Gasteiger partial charge in [0.15, 0.2) is 0 Å². The Kier molecular flexibility index (Phi) is 24.1. The predicted octanol–water partition coefficient (Wildman–Crippen LogP) is 1.48. The van der Waals surface area contributed by atoms with E-state index in [0.717, 1.165) is 24.2 Å². The predicted molar refractivity (Wildman–Crippen MR) is 230 cm³/mol. The van der Waals surface area contributed by atoms with E-state index in [1.807, 2.05) is 20.8 Å². The Labute approximate surface area is 366 Å². The van der Waals surface area contributed by atoms with Crippen LogP contribution in [-0.4, -0.2) is 123 Å². The lowest BCUT2D eigenvalue weighted by molar-refractivity contribution is -0.142. The van der Waals surface area contributed by atoms with E-state index in [0.29, 0.717) is 17.6 Å². The third-order valence-electron chi connectivity index (χ3n) is 9.38. The fourth-order valence-electron chi connectivity index (χ4n) is 5.95. The molecule has 9 N–H and O–H groups in total. The van der Waals surface area contributed by atoms with Crippen LogP contribution < -0.4 is 31.9 Å². The largest absolute Gasteiger partial charge is 0.481 e. The average Bonchev–Trinajstić information content (AvgIpc) is 3.17. The molecule has 1 aromatic rings. The zero-order valence-electron chi connectivity index (χ0n) is 36.5. The number of hydrogen-bond acceptors (Lipinski definition) is 11. The number of thioether (sulfide) groups is 1. The molecule has 0 heterocycles. The molecule has 6 atom stereocenters. The minimum atomic E-state index is -1.79. The van der Waals surface area contributed by atoms with Gasteiger partial charge in [-0.3, -0.25) is 43.2 Å². The van der Waals surface area contributed by atoms with Crippen LogP contribution in [0.3, 0.4) is 0 Å². The summed E-state index contributed by atoms with van der Waals surface area (Å²) in [6.07, 6.45) is -0.759. The standard InChI is InChI=1S/C42H64N6O13S/c1-8-9-18-62-23-27(22-49)43-38(58)29(19-24(2)3)47-41(61)36(42(5,6)7)48-40(60)30(20-26-13-11-10-12-25(26)4)46-37(57)28(14-16-33(51)52)45-39(59)31(21-35(55)56)44-32(50)15-17-34(53)54/h10-13,22,24,27-31,36H,8-9,14-21,23H2,1-7H3,(H,43,58)(H,44,50)(H,45,59)(H,46,57)(H,47,61)(H,48,60)(H,51,52)(H,53,54)(H,55,56)/t27-,28+,29+,30+,31+,36-/m1/s1. The molecule has 0 spiro atoms. The molecule has 6 amide bonds. The summed E-state index contributed by atoms with van der Waals surface area (Å²) in [5.74, 6) is -8.50. The third-order valence-corrected chi connectivity index (χ3v) is 10.6. The Morgan fingerprint density at radius 3 is 1.81 bits per heavy atom. The summed E-state index contributed by atoms with van der Waals surface area (Å²) in [5, 5.41) is 42.8. The number of aliphatic carboxylic acids is 3. The van der Waals surface area contributed by atoms with Crippen molar-refractivity contribution in [2.45, 2.75) is 143 Å². The second kappa shape index (κ2) is 27.4. The number of unbranched alkanes of at least 4 members (excludes halogenated alkanes) is 1. The highest BCUT2D eigenvalue weighted by Gasteiger charge is 2.38. The Hall–Kier alpha value is -5.53. The van der Waals surface area contributed by atoms with Gasteiger partial charge in [-0.1, -0.05) is 72.2 Å². The van der Waals surface area contributed by atoms with Crippen molar-refractivity contribution < 1.29 is 63.3 Å². The number of benzene rings is 1. The molecule has 0 aliphatic carbocycles. The second-order valence-corrected chi connectivity index (χ2v) is 17.6. The van der Waals surface area contributed by atoms with Gasteiger partial charge in [-0.05, 0) is 54.4 Å². The summed E-state index contributed by atoms with van der Waals surface area (Å²) in [4.78, 5) is 127. The van der Waals surface area contributed by atoms with Crippen molar-refractivity contribution in [1.29, 1.82) is 0 Å². The normalized spacial score (nSPS) is 14.1. The first kappa shape index (κ1) is 54.5. The van der Waals surface area contributed by atoms with Gasteiger partial charge in [0.2, 0.25) is 35.4 Å². The van der Waals surface area contributed by atoms with Crippen molar-refractivity contribution in [3.05, 3.63) is 35.4 Å². The Morgan fingerprint density at radius 1 is 0.694 bits per heavy atom. The summed E-state index contributed by atoms with van der Waals surface area (Å²) < 4.78 is 0. The molecule has 0 bridgehead atoms. The van der Waals surface area contributed by atoms with Crippen LogP contribution in [0.1, 0.15) is 104 Å². The van der Waals surface area contributed by atoms with Gasteiger partial charge in [0.1, 0.15) is 36.5 Å². The highest BCUT2D eigenvalue weighted by atomic mass is 32.2. The van der Waals surface area contributed by atoms with Crippen LogP contribution in [0.2, 0.25) is 0 Å². The number of amides is 6. The molecule has 20 heteroatoms. The van der Waals surface area contributed by atoms with Crippen molar-refractivity contribution >= 4 is 71.4 Å². The van der Waals surface area contributed by atoms with E-state index < -0.39 is 127 Å². The number of carbonyl (C=O) groups is 10. The van der Waals surface area contributed by atoms with E-state index in [-0.39, 0.29) is 18.8 Å². The number of hydrogen-bond donors (Lipinski definition) is 9. The highest BCUT2D eigenvalue weighted by molar-refractivity contribution is 7.99. The van der Waals surface area contributed by atoms with Crippen LogP contribution in [0.5, 0.6) is 0 Å². The van der Waals surface area contributed by atoms with Crippen molar-refractivity contribution in [3.8, 4) is 0 Å². The van der Waals surface area contributed by atoms with Gasteiger partial charge in [0, 0.05) is 25.0 Å².